The standard InChI is InChI=1S/C23H34ClFN4O/c1-7-27-9-8-19(12-22(30)29-23(15(2)3)17(5)26-6)16(4)28-14-18-10-20(24)13-21(25)11-18/h7,10-11,13,15,19,23,26-28H,1,4-5,8-9,12,14H2,2-3,6H3,(H,29,30). The van der Waals surface area contributed by atoms with Crippen molar-refractivity contribution in [3.8, 4) is 0 Å². The molecule has 4 N–H and O–H groups in total. The highest BCUT2D eigenvalue weighted by Crippen LogP contribution is 2.19. The molecule has 0 saturated heterocycles. The summed E-state index contributed by atoms with van der Waals surface area (Å²) >= 11 is 5.92. The highest BCUT2D eigenvalue weighted by molar-refractivity contribution is 6.30. The largest absolute Gasteiger partial charge is 0.391 e. The average molecular weight is 437 g/mol. The SMILES string of the molecule is C=CNCCC(CC(=O)NC(C(=C)NC)C(C)C)C(=C)NCc1cc(F)cc(Cl)c1. The number of hydrogen-bond donors (Lipinski definition) is 4. The summed E-state index contributed by atoms with van der Waals surface area (Å²) in [4.78, 5) is 12.7. The van der Waals surface area contributed by atoms with E-state index in [4.69, 9.17) is 11.6 Å². The molecule has 0 fully saturated rings. The van der Waals surface area contributed by atoms with E-state index in [1.54, 1.807) is 19.3 Å². The minimum absolute atomic E-state index is 0.0783. The fraction of sp³-hybridized carbons (Fsp3) is 0.435. The van der Waals surface area contributed by atoms with Gasteiger partial charge in [0.1, 0.15) is 5.82 Å². The molecule has 0 aliphatic carbocycles. The smallest absolute Gasteiger partial charge is 0.221 e. The molecule has 2 unspecified atom stereocenters. The summed E-state index contributed by atoms with van der Waals surface area (Å²) in [7, 11) is 1.79. The van der Waals surface area contributed by atoms with E-state index in [-0.39, 0.29) is 36.0 Å². The van der Waals surface area contributed by atoms with E-state index in [9.17, 15) is 9.18 Å². The summed E-state index contributed by atoms with van der Waals surface area (Å²) in [5.41, 5.74) is 2.19. The van der Waals surface area contributed by atoms with Crippen LogP contribution in [-0.2, 0) is 11.3 Å². The number of carbonyl (C=O) groups excluding carboxylic acids is 1. The maximum absolute atomic E-state index is 13.6. The van der Waals surface area contributed by atoms with Crippen molar-refractivity contribution < 1.29 is 9.18 Å². The first-order chi connectivity index (χ1) is 14.2. The van der Waals surface area contributed by atoms with Crippen molar-refractivity contribution in [3.05, 3.63) is 71.9 Å². The second-order valence-electron chi connectivity index (χ2n) is 7.57. The number of likely N-dealkylation sites (N-methyl/N-ethyl adjacent to an activating group) is 1. The molecule has 1 rings (SSSR count). The van der Waals surface area contributed by atoms with Crippen molar-refractivity contribution in [1.29, 1.82) is 0 Å². The van der Waals surface area contributed by atoms with Gasteiger partial charge in [-0.05, 0) is 42.3 Å². The number of rotatable bonds is 14. The molecular weight excluding hydrogens is 403 g/mol. The van der Waals surface area contributed by atoms with E-state index < -0.39 is 0 Å². The molecule has 1 aromatic rings. The maximum Gasteiger partial charge on any atom is 0.221 e. The van der Waals surface area contributed by atoms with Crippen LogP contribution in [0.2, 0.25) is 5.02 Å². The monoisotopic (exact) mass is 436 g/mol. The highest BCUT2D eigenvalue weighted by Gasteiger charge is 2.22. The van der Waals surface area contributed by atoms with E-state index in [0.29, 0.717) is 35.8 Å². The Bertz CT molecular complexity index is 730. The van der Waals surface area contributed by atoms with Gasteiger partial charge in [-0.3, -0.25) is 4.79 Å². The van der Waals surface area contributed by atoms with Gasteiger partial charge in [-0.25, -0.2) is 4.39 Å². The Morgan fingerprint density at radius 1 is 1.23 bits per heavy atom. The Balaban J connectivity index is 2.78. The third-order valence-corrected chi connectivity index (χ3v) is 5.05. The molecule has 166 valence electrons. The van der Waals surface area contributed by atoms with Crippen molar-refractivity contribution in [1.82, 2.24) is 21.3 Å². The average Bonchev–Trinajstić information content (AvgIpc) is 2.68. The van der Waals surface area contributed by atoms with Crippen LogP contribution in [0.1, 0.15) is 32.3 Å². The van der Waals surface area contributed by atoms with E-state index >= 15 is 0 Å². The van der Waals surface area contributed by atoms with Gasteiger partial charge in [0.05, 0.1) is 6.04 Å². The lowest BCUT2D eigenvalue weighted by molar-refractivity contribution is -0.122. The van der Waals surface area contributed by atoms with Crippen molar-refractivity contribution in [3.63, 3.8) is 0 Å². The van der Waals surface area contributed by atoms with E-state index in [2.05, 4.69) is 41.0 Å². The fourth-order valence-electron chi connectivity index (χ4n) is 3.10. The normalized spacial score (nSPS) is 12.6. The van der Waals surface area contributed by atoms with Gasteiger partial charge >= 0.3 is 0 Å². The molecule has 1 aromatic carbocycles. The molecule has 7 heteroatoms. The topological polar surface area (TPSA) is 65.2 Å². The molecular formula is C23H34ClFN4O. The number of halogens is 2. The van der Waals surface area contributed by atoms with Crippen molar-refractivity contribution in [2.45, 2.75) is 39.3 Å². The quantitative estimate of drug-likeness (QED) is 0.332. The molecule has 1 amide bonds. The first-order valence-electron chi connectivity index (χ1n) is 10.1. The summed E-state index contributed by atoms with van der Waals surface area (Å²) in [5.74, 6) is -0.378. The third-order valence-electron chi connectivity index (χ3n) is 4.83. The van der Waals surface area contributed by atoms with Gasteiger partial charge in [0.25, 0.3) is 0 Å². The van der Waals surface area contributed by atoms with Crippen LogP contribution in [0.4, 0.5) is 4.39 Å². The lowest BCUT2D eigenvalue weighted by atomic mass is 9.95. The Hall–Kier alpha value is -2.47. The van der Waals surface area contributed by atoms with Crippen molar-refractivity contribution in [2.24, 2.45) is 11.8 Å². The maximum atomic E-state index is 13.6. The third kappa shape index (κ3) is 8.91. The predicted molar refractivity (Wildman–Crippen MR) is 123 cm³/mol. The van der Waals surface area contributed by atoms with Gasteiger partial charge in [0, 0.05) is 48.9 Å². The van der Waals surface area contributed by atoms with Gasteiger partial charge in [-0.2, -0.15) is 0 Å². The van der Waals surface area contributed by atoms with E-state index in [1.807, 2.05) is 13.8 Å². The molecule has 0 spiro atoms. The summed E-state index contributed by atoms with van der Waals surface area (Å²) in [5, 5.41) is 12.7. The number of amides is 1. The molecule has 0 radical (unpaired) electrons. The molecule has 5 nitrogen and oxygen atoms in total. The van der Waals surface area contributed by atoms with Gasteiger partial charge < -0.3 is 21.3 Å². The van der Waals surface area contributed by atoms with Crippen LogP contribution in [0.25, 0.3) is 0 Å². The first-order valence-corrected chi connectivity index (χ1v) is 10.4. The molecule has 0 heterocycles. The van der Waals surface area contributed by atoms with Crippen LogP contribution in [0, 0.1) is 17.7 Å². The zero-order chi connectivity index (χ0) is 22.7. The Morgan fingerprint density at radius 2 is 1.93 bits per heavy atom. The second-order valence-corrected chi connectivity index (χ2v) is 8.01. The van der Waals surface area contributed by atoms with Crippen LogP contribution >= 0.6 is 11.6 Å². The van der Waals surface area contributed by atoms with Crippen LogP contribution in [-0.4, -0.2) is 25.5 Å². The second kappa shape index (κ2) is 13.0. The van der Waals surface area contributed by atoms with E-state index in [1.165, 1.54) is 12.1 Å². The van der Waals surface area contributed by atoms with Crippen LogP contribution in [0.15, 0.2) is 55.5 Å². The molecule has 0 saturated carbocycles. The predicted octanol–water partition coefficient (Wildman–Crippen LogP) is 4.09. The molecule has 0 aromatic heterocycles. The fourth-order valence-corrected chi connectivity index (χ4v) is 3.34. The lowest BCUT2D eigenvalue weighted by Crippen LogP contribution is -2.43. The van der Waals surface area contributed by atoms with Crippen LogP contribution in [0.5, 0.6) is 0 Å². The zero-order valence-corrected chi connectivity index (χ0v) is 18.9. The molecule has 0 bridgehead atoms. The van der Waals surface area contributed by atoms with Gasteiger partial charge in [0.2, 0.25) is 5.91 Å². The Kier molecular flexibility index (Phi) is 11.0. The minimum atomic E-state index is -0.388. The summed E-state index contributed by atoms with van der Waals surface area (Å²) in [6.45, 7) is 16.8. The number of carbonyl (C=O) groups is 1. The van der Waals surface area contributed by atoms with Crippen LogP contribution < -0.4 is 21.3 Å². The van der Waals surface area contributed by atoms with E-state index in [0.717, 1.165) is 5.70 Å². The molecule has 0 aliphatic rings. The number of nitrogens with one attached hydrogen (secondary N) is 4. The Labute approximate surface area is 184 Å². The molecule has 30 heavy (non-hydrogen) atoms. The van der Waals surface area contributed by atoms with Gasteiger partial charge in [0.15, 0.2) is 0 Å². The van der Waals surface area contributed by atoms with Gasteiger partial charge in [-0.15, -0.1) is 0 Å². The number of allylic oxidation sites excluding steroid dienone is 1. The summed E-state index contributed by atoms with van der Waals surface area (Å²) < 4.78 is 13.6. The van der Waals surface area contributed by atoms with Crippen molar-refractivity contribution in [2.75, 3.05) is 13.6 Å². The highest BCUT2D eigenvalue weighted by atomic mass is 35.5. The summed E-state index contributed by atoms with van der Waals surface area (Å²) in [6, 6.07) is 4.22. The Morgan fingerprint density at radius 3 is 2.50 bits per heavy atom. The van der Waals surface area contributed by atoms with Crippen molar-refractivity contribution >= 4 is 17.5 Å². The van der Waals surface area contributed by atoms with Crippen LogP contribution in [0.3, 0.4) is 0 Å². The number of hydrogen-bond acceptors (Lipinski definition) is 4. The zero-order valence-electron chi connectivity index (χ0n) is 18.2. The molecule has 0 aliphatic heterocycles. The van der Waals surface area contributed by atoms with Gasteiger partial charge in [-0.1, -0.05) is 45.2 Å². The lowest BCUT2D eigenvalue weighted by Gasteiger charge is -2.26. The number of benzene rings is 1. The molecule has 2 atom stereocenters. The minimum Gasteiger partial charge on any atom is -0.391 e. The summed E-state index contributed by atoms with van der Waals surface area (Å²) in [6.07, 6.45) is 2.58. The first kappa shape index (κ1) is 25.6.